The largest absolute Gasteiger partial charge is 0.493 e. The molecule has 0 saturated carbocycles. The number of para-hydroxylation sites is 1. The van der Waals surface area contributed by atoms with E-state index in [0.29, 0.717) is 64.1 Å². The second-order valence-electron chi connectivity index (χ2n) is 11.0. The van der Waals surface area contributed by atoms with Crippen molar-refractivity contribution in [2.24, 2.45) is 4.99 Å². The first-order valence-electron chi connectivity index (χ1n) is 15.2. The van der Waals surface area contributed by atoms with Crippen molar-refractivity contribution in [2.45, 2.75) is 26.4 Å². The SMILES string of the molecule is CCOC(=O)C1=C(C)N=c2s/c(=C/c3cn(CC(=O)N4CCOCC4)c4ccccc34)c(=O)n2[C@H]1c1cc(OC)c(OC)c(OC)c1. The number of carbonyl (C=O) groups excluding carboxylic acids is 2. The lowest BCUT2D eigenvalue weighted by Gasteiger charge is -2.27. The highest BCUT2D eigenvalue weighted by Gasteiger charge is 2.35. The van der Waals surface area contributed by atoms with Crippen LogP contribution in [-0.2, 0) is 25.6 Å². The van der Waals surface area contributed by atoms with Crippen LogP contribution in [0.4, 0.5) is 0 Å². The molecule has 0 N–H and O–H groups in total. The maximum absolute atomic E-state index is 14.3. The Morgan fingerprint density at radius 2 is 1.77 bits per heavy atom. The Kier molecular flexibility index (Phi) is 9.19. The molecule has 47 heavy (non-hydrogen) atoms. The molecule has 1 atom stereocenters. The van der Waals surface area contributed by atoms with Crippen LogP contribution in [0, 0.1) is 0 Å². The number of rotatable bonds is 9. The van der Waals surface area contributed by atoms with Crippen LogP contribution in [0.3, 0.4) is 0 Å². The van der Waals surface area contributed by atoms with Gasteiger partial charge in [0.05, 0.1) is 63.0 Å². The van der Waals surface area contributed by atoms with Crippen molar-refractivity contribution in [3.63, 3.8) is 0 Å². The summed E-state index contributed by atoms with van der Waals surface area (Å²) < 4.78 is 31.4. The minimum absolute atomic E-state index is 0.00675. The first-order chi connectivity index (χ1) is 22.8. The minimum Gasteiger partial charge on any atom is -0.493 e. The van der Waals surface area contributed by atoms with Gasteiger partial charge in [-0.15, -0.1) is 0 Å². The zero-order chi connectivity index (χ0) is 33.2. The zero-order valence-electron chi connectivity index (χ0n) is 26.9. The molecule has 0 aliphatic carbocycles. The van der Waals surface area contributed by atoms with E-state index in [9.17, 15) is 14.4 Å². The monoisotopic (exact) mass is 660 g/mol. The number of hydrogen-bond acceptors (Lipinski definition) is 10. The quantitative estimate of drug-likeness (QED) is 0.251. The van der Waals surface area contributed by atoms with Gasteiger partial charge in [0, 0.05) is 35.8 Å². The summed E-state index contributed by atoms with van der Waals surface area (Å²) in [5, 5.41) is 0.901. The smallest absolute Gasteiger partial charge is 0.338 e. The molecule has 1 saturated heterocycles. The number of ether oxygens (including phenoxy) is 5. The van der Waals surface area contributed by atoms with Gasteiger partial charge in [0.2, 0.25) is 11.7 Å². The van der Waals surface area contributed by atoms with Crippen molar-refractivity contribution in [3.8, 4) is 17.2 Å². The summed E-state index contributed by atoms with van der Waals surface area (Å²) in [6.07, 6.45) is 3.71. The summed E-state index contributed by atoms with van der Waals surface area (Å²) in [4.78, 5) is 47.8. The van der Waals surface area contributed by atoms with E-state index in [1.807, 2.05) is 46.0 Å². The molecule has 2 aliphatic rings. The molecular weight excluding hydrogens is 624 g/mol. The van der Waals surface area contributed by atoms with Gasteiger partial charge in [-0.3, -0.25) is 14.2 Å². The molecule has 1 amide bonds. The number of aromatic nitrogens is 2. The van der Waals surface area contributed by atoms with Crippen molar-refractivity contribution in [1.82, 2.24) is 14.0 Å². The maximum atomic E-state index is 14.3. The van der Waals surface area contributed by atoms with Crippen LogP contribution in [0.1, 0.15) is 31.0 Å². The van der Waals surface area contributed by atoms with Crippen LogP contribution in [0.5, 0.6) is 17.2 Å². The van der Waals surface area contributed by atoms with Crippen LogP contribution in [0.25, 0.3) is 17.0 Å². The summed E-state index contributed by atoms with van der Waals surface area (Å²) in [6.45, 7) is 5.95. The molecule has 0 spiro atoms. The van der Waals surface area contributed by atoms with Gasteiger partial charge in [-0.25, -0.2) is 9.79 Å². The van der Waals surface area contributed by atoms with E-state index in [1.165, 1.54) is 37.2 Å². The van der Waals surface area contributed by atoms with Crippen LogP contribution < -0.4 is 29.1 Å². The second-order valence-corrected chi connectivity index (χ2v) is 12.0. The Morgan fingerprint density at radius 3 is 2.43 bits per heavy atom. The third-order valence-electron chi connectivity index (χ3n) is 8.30. The van der Waals surface area contributed by atoms with Crippen molar-refractivity contribution in [2.75, 3.05) is 54.2 Å². The number of morpholine rings is 1. The minimum atomic E-state index is -0.881. The van der Waals surface area contributed by atoms with E-state index in [-0.39, 0.29) is 30.2 Å². The van der Waals surface area contributed by atoms with Gasteiger partial charge in [0.1, 0.15) is 6.54 Å². The Balaban J connectivity index is 1.50. The summed E-state index contributed by atoms with van der Waals surface area (Å²) in [7, 11) is 4.52. The first kappa shape index (κ1) is 32.1. The fourth-order valence-corrected chi connectivity index (χ4v) is 7.12. The molecule has 0 radical (unpaired) electrons. The van der Waals surface area contributed by atoms with Gasteiger partial charge in [-0.1, -0.05) is 29.5 Å². The number of hydrogen-bond donors (Lipinski definition) is 0. The van der Waals surface area contributed by atoms with Gasteiger partial charge in [-0.05, 0) is 43.7 Å². The fourth-order valence-electron chi connectivity index (χ4n) is 6.09. The van der Waals surface area contributed by atoms with E-state index in [2.05, 4.69) is 0 Å². The highest BCUT2D eigenvalue weighted by atomic mass is 32.1. The summed E-state index contributed by atoms with van der Waals surface area (Å²) >= 11 is 1.22. The molecule has 2 aliphatic heterocycles. The number of esters is 1. The number of allylic oxidation sites excluding steroid dienone is 1. The average Bonchev–Trinajstić information content (AvgIpc) is 3.59. The van der Waals surface area contributed by atoms with Gasteiger partial charge in [0.25, 0.3) is 5.56 Å². The predicted molar refractivity (Wildman–Crippen MR) is 176 cm³/mol. The maximum Gasteiger partial charge on any atom is 0.338 e. The zero-order valence-corrected chi connectivity index (χ0v) is 27.7. The topological polar surface area (TPSA) is 123 Å². The molecule has 2 aromatic carbocycles. The number of thiazole rings is 1. The highest BCUT2D eigenvalue weighted by molar-refractivity contribution is 7.07. The van der Waals surface area contributed by atoms with E-state index < -0.39 is 12.0 Å². The molecule has 4 aromatic rings. The van der Waals surface area contributed by atoms with E-state index in [0.717, 1.165) is 16.5 Å². The molecule has 12 nitrogen and oxygen atoms in total. The Bertz CT molecular complexity index is 2040. The fraction of sp³-hybridized carbons (Fsp3) is 0.353. The number of amides is 1. The Labute approximate surface area is 274 Å². The molecule has 2 aromatic heterocycles. The van der Waals surface area contributed by atoms with Gasteiger partial charge < -0.3 is 33.2 Å². The van der Waals surface area contributed by atoms with Gasteiger partial charge >= 0.3 is 5.97 Å². The Hall–Kier alpha value is -4.88. The molecule has 0 unspecified atom stereocenters. The molecule has 0 bridgehead atoms. The van der Waals surface area contributed by atoms with Crippen LogP contribution >= 0.6 is 11.3 Å². The summed E-state index contributed by atoms with van der Waals surface area (Å²) in [6, 6.07) is 10.3. The lowest BCUT2D eigenvalue weighted by Crippen LogP contribution is -2.42. The van der Waals surface area contributed by atoms with Crippen molar-refractivity contribution < 1.29 is 33.3 Å². The van der Waals surface area contributed by atoms with Gasteiger partial charge in [-0.2, -0.15) is 0 Å². The summed E-state index contributed by atoms with van der Waals surface area (Å²) in [5.74, 6) is 0.567. The molecule has 4 heterocycles. The van der Waals surface area contributed by atoms with Gasteiger partial charge in [0.15, 0.2) is 16.3 Å². The normalized spacial score (nSPS) is 16.6. The third kappa shape index (κ3) is 5.92. The molecule has 6 rings (SSSR count). The van der Waals surface area contributed by atoms with E-state index >= 15 is 0 Å². The van der Waals surface area contributed by atoms with E-state index in [1.54, 1.807) is 26.0 Å². The van der Waals surface area contributed by atoms with E-state index in [4.69, 9.17) is 28.7 Å². The number of fused-ring (bicyclic) bond motifs is 2. The highest BCUT2D eigenvalue weighted by Crippen LogP contribution is 2.42. The number of benzene rings is 2. The summed E-state index contributed by atoms with van der Waals surface area (Å²) in [5.41, 5.74) is 2.56. The number of nitrogens with zero attached hydrogens (tertiary/aromatic N) is 4. The van der Waals surface area contributed by atoms with Crippen molar-refractivity contribution in [3.05, 3.63) is 84.7 Å². The average molecular weight is 661 g/mol. The van der Waals surface area contributed by atoms with Crippen molar-refractivity contribution in [1.29, 1.82) is 0 Å². The predicted octanol–water partition coefficient (Wildman–Crippen LogP) is 2.64. The first-order valence-corrected chi connectivity index (χ1v) is 16.0. The molecule has 1 fully saturated rings. The van der Waals surface area contributed by atoms with Crippen LogP contribution in [0.15, 0.2) is 63.7 Å². The second kappa shape index (κ2) is 13.5. The van der Waals surface area contributed by atoms with Crippen molar-refractivity contribution >= 4 is 40.2 Å². The Morgan fingerprint density at radius 1 is 1.06 bits per heavy atom. The molecular formula is C34H36N4O8S. The molecule has 246 valence electrons. The van der Waals surface area contributed by atoms with Crippen LogP contribution in [-0.4, -0.2) is 80.2 Å². The number of carbonyl (C=O) groups is 2. The standard InChI is InChI=1S/C34H36N4O8S/c1-6-46-33(41)29-20(2)35-34-38(30(29)21-15-25(42-3)31(44-5)26(16-21)43-4)32(40)27(47-34)17-22-18-37(24-10-8-7-9-23(22)24)19-28(39)36-11-13-45-14-12-36/h7-10,15-18,30H,6,11-14,19H2,1-5H3/b27-17+/t30-/m0/s1. The third-order valence-corrected chi connectivity index (χ3v) is 9.28. The lowest BCUT2D eigenvalue weighted by atomic mass is 9.95. The number of methoxy groups -OCH3 is 3. The van der Waals surface area contributed by atoms with Crippen LogP contribution in [0.2, 0.25) is 0 Å². The molecule has 13 heteroatoms. The lowest BCUT2D eigenvalue weighted by molar-refractivity contribution is -0.139.